The smallest absolute Gasteiger partial charge is 0.216 e. The lowest BCUT2D eigenvalue weighted by molar-refractivity contribution is 0.772. The van der Waals surface area contributed by atoms with E-state index < -0.39 is 0 Å². The molecule has 0 bridgehead atoms. The molecule has 1 aliphatic rings. The fraction of sp³-hybridized carbons (Fsp3) is 0.200. The zero-order valence-corrected chi connectivity index (χ0v) is 15.2. The minimum absolute atomic E-state index is 0.479. The van der Waals surface area contributed by atoms with E-state index >= 15 is 0 Å². The number of aromatic amines is 1. The molecule has 23 heavy (non-hydrogen) atoms. The van der Waals surface area contributed by atoms with Crippen molar-refractivity contribution in [3.63, 3.8) is 0 Å². The van der Waals surface area contributed by atoms with Gasteiger partial charge >= 0.3 is 0 Å². The van der Waals surface area contributed by atoms with Crippen LogP contribution in [0.2, 0.25) is 0 Å². The molecule has 0 aliphatic heterocycles. The van der Waals surface area contributed by atoms with Gasteiger partial charge < -0.3 is 0 Å². The van der Waals surface area contributed by atoms with E-state index in [1.807, 2.05) is 23.6 Å². The van der Waals surface area contributed by atoms with Gasteiger partial charge in [0.25, 0.3) is 0 Å². The van der Waals surface area contributed by atoms with E-state index in [0.29, 0.717) is 10.7 Å². The van der Waals surface area contributed by atoms with E-state index in [-0.39, 0.29) is 0 Å². The lowest BCUT2D eigenvalue weighted by Crippen LogP contribution is -1.97. The van der Waals surface area contributed by atoms with Crippen LogP contribution in [-0.2, 0) is 0 Å². The molecule has 1 aliphatic carbocycles. The Labute approximate surface area is 150 Å². The Bertz CT molecular complexity index is 935. The molecular formula is C15H12BrN5S2. The normalized spacial score (nSPS) is 14.7. The average molecular weight is 406 g/mol. The monoisotopic (exact) mass is 405 g/mol. The van der Waals surface area contributed by atoms with Gasteiger partial charge in [-0.1, -0.05) is 28.1 Å². The first-order chi connectivity index (χ1) is 11.2. The highest BCUT2D eigenvalue weighted by atomic mass is 79.9. The van der Waals surface area contributed by atoms with E-state index in [1.165, 1.54) is 0 Å². The van der Waals surface area contributed by atoms with E-state index in [4.69, 9.17) is 12.2 Å². The number of rotatable bonds is 4. The first-order valence-electron chi connectivity index (χ1n) is 7.14. The molecule has 0 spiro atoms. The third-order valence-corrected chi connectivity index (χ3v) is 5.18. The van der Waals surface area contributed by atoms with E-state index in [2.05, 4.69) is 42.3 Å². The quantitative estimate of drug-likeness (QED) is 0.510. The van der Waals surface area contributed by atoms with Crippen LogP contribution in [0.25, 0.3) is 10.6 Å². The summed E-state index contributed by atoms with van der Waals surface area (Å²) in [6.07, 6.45) is 4.03. The summed E-state index contributed by atoms with van der Waals surface area (Å²) < 4.78 is 3.26. The van der Waals surface area contributed by atoms with Crippen LogP contribution >= 0.6 is 39.5 Å². The van der Waals surface area contributed by atoms with Crippen molar-refractivity contribution in [3.8, 4) is 10.6 Å². The maximum atomic E-state index is 5.24. The van der Waals surface area contributed by atoms with E-state index in [0.717, 1.165) is 39.4 Å². The third kappa shape index (κ3) is 3.19. The molecule has 0 radical (unpaired) electrons. The van der Waals surface area contributed by atoms with Crippen LogP contribution in [0, 0.1) is 4.77 Å². The molecule has 2 aromatic heterocycles. The fourth-order valence-corrected chi connectivity index (χ4v) is 3.59. The Morgan fingerprint density at radius 1 is 1.43 bits per heavy atom. The number of nitrogens with one attached hydrogen (secondary N) is 1. The van der Waals surface area contributed by atoms with Crippen LogP contribution in [0.4, 0.5) is 0 Å². The van der Waals surface area contributed by atoms with Crippen LogP contribution in [0.1, 0.15) is 30.3 Å². The van der Waals surface area contributed by atoms with Crippen molar-refractivity contribution >= 4 is 45.7 Å². The van der Waals surface area contributed by atoms with Crippen molar-refractivity contribution in [2.24, 2.45) is 5.10 Å². The standard InChI is InChI=1S/C15H12BrN5S2/c16-11-3-1-2-10(6-11)14-18-12(8-23-14)7-17-21-13(9-4-5-9)19-20-15(21)22/h1-3,6-9H,4-5H2,(H,20,22)/b17-7-. The zero-order valence-electron chi connectivity index (χ0n) is 11.9. The molecule has 5 nitrogen and oxygen atoms in total. The molecule has 0 amide bonds. The van der Waals surface area contributed by atoms with Gasteiger partial charge in [-0.2, -0.15) is 14.9 Å². The molecule has 0 unspecified atom stereocenters. The minimum atomic E-state index is 0.479. The number of hydrogen-bond donors (Lipinski definition) is 1. The molecule has 0 saturated heterocycles. The molecular weight excluding hydrogens is 394 g/mol. The van der Waals surface area contributed by atoms with Gasteiger partial charge in [-0.05, 0) is 37.2 Å². The highest BCUT2D eigenvalue weighted by molar-refractivity contribution is 9.10. The summed E-state index contributed by atoms with van der Waals surface area (Å²) in [4.78, 5) is 4.61. The molecule has 1 saturated carbocycles. The van der Waals surface area contributed by atoms with Crippen LogP contribution in [0.3, 0.4) is 0 Å². The minimum Gasteiger partial charge on any atom is -0.250 e. The van der Waals surface area contributed by atoms with Crippen LogP contribution in [0.5, 0.6) is 0 Å². The molecule has 116 valence electrons. The number of hydrogen-bond acceptors (Lipinski definition) is 5. The van der Waals surface area contributed by atoms with Gasteiger partial charge in [0.05, 0.1) is 11.9 Å². The van der Waals surface area contributed by atoms with Crippen molar-refractivity contribution in [1.82, 2.24) is 19.9 Å². The Morgan fingerprint density at radius 2 is 2.30 bits per heavy atom. The molecule has 4 rings (SSSR count). The predicted octanol–water partition coefficient (Wildman–Crippen LogP) is 4.59. The number of benzene rings is 1. The highest BCUT2D eigenvalue weighted by Crippen LogP contribution is 2.38. The summed E-state index contributed by atoms with van der Waals surface area (Å²) in [6.45, 7) is 0. The number of nitrogens with zero attached hydrogens (tertiary/aromatic N) is 4. The number of aromatic nitrogens is 4. The summed E-state index contributed by atoms with van der Waals surface area (Å²) >= 11 is 10.3. The topological polar surface area (TPSA) is 58.9 Å². The Kier molecular flexibility index (Phi) is 3.96. The molecule has 2 heterocycles. The number of thiazole rings is 1. The lowest BCUT2D eigenvalue weighted by Gasteiger charge is -1.97. The third-order valence-electron chi connectivity index (χ3n) is 3.52. The molecule has 1 N–H and O–H groups in total. The second-order valence-electron chi connectivity index (χ2n) is 5.31. The van der Waals surface area contributed by atoms with Gasteiger partial charge in [-0.15, -0.1) is 11.3 Å². The molecule has 8 heteroatoms. The Balaban J connectivity index is 1.61. The van der Waals surface area contributed by atoms with Crippen molar-refractivity contribution in [2.45, 2.75) is 18.8 Å². The molecule has 1 fully saturated rings. The zero-order chi connectivity index (χ0) is 15.8. The highest BCUT2D eigenvalue weighted by Gasteiger charge is 2.29. The number of halogens is 1. The van der Waals surface area contributed by atoms with Crippen molar-refractivity contribution in [2.75, 3.05) is 0 Å². The largest absolute Gasteiger partial charge is 0.250 e. The maximum Gasteiger partial charge on any atom is 0.216 e. The van der Waals surface area contributed by atoms with Gasteiger partial charge in [-0.25, -0.2) is 4.98 Å². The lowest BCUT2D eigenvalue weighted by atomic mass is 10.2. The van der Waals surface area contributed by atoms with Crippen LogP contribution in [0.15, 0.2) is 39.2 Å². The van der Waals surface area contributed by atoms with Gasteiger partial charge in [0.15, 0.2) is 5.82 Å². The van der Waals surface area contributed by atoms with E-state index in [1.54, 1.807) is 22.2 Å². The molecule has 1 aromatic carbocycles. The van der Waals surface area contributed by atoms with Crippen molar-refractivity contribution in [1.29, 1.82) is 0 Å². The van der Waals surface area contributed by atoms with Crippen molar-refractivity contribution < 1.29 is 0 Å². The summed E-state index contributed by atoms with van der Waals surface area (Å²) in [7, 11) is 0. The first kappa shape index (κ1) is 14.9. The Morgan fingerprint density at radius 3 is 3.09 bits per heavy atom. The van der Waals surface area contributed by atoms with Crippen LogP contribution in [-0.4, -0.2) is 26.1 Å². The average Bonchev–Trinajstić information content (AvgIpc) is 3.16. The van der Waals surface area contributed by atoms with Gasteiger partial charge in [0, 0.05) is 21.3 Å². The summed E-state index contributed by atoms with van der Waals surface area (Å²) in [5, 5.41) is 14.5. The first-order valence-corrected chi connectivity index (χ1v) is 9.22. The van der Waals surface area contributed by atoms with Gasteiger partial charge in [0.1, 0.15) is 5.01 Å². The van der Waals surface area contributed by atoms with Gasteiger partial charge in [0.2, 0.25) is 4.77 Å². The maximum absolute atomic E-state index is 5.24. The Hall–Kier alpha value is -1.64. The number of H-pyrrole nitrogens is 1. The predicted molar refractivity (Wildman–Crippen MR) is 97.6 cm³/mol. The molecule has 3 aromatic rings. The fourth-order valence-electron chi connectivity index (χ4n) is 2.24. The van der Waals surface area contributed by atoms with Crippen LogP contribution < -0.4 is 0 Å². The summed E-state index contributed by atoms with van der Waals surface area (Å²) in [5.74, 6) is 1.39. The second-order valence-corrected chi connectivity index (χ2v) is 7.47. The van der Waals surface area contributed by atoms with Gasteiger partial charge in [-0.3, -0.25) is 5.10 Å². The summed E-state index contributed by atoms with van der Waals surface area (Å²) in [6, 6.07) is 8.10. The second kappa shape index (κ2) is 6.10. The van der Waals surface area contributed by atoms with E-state index in [9.17, 15) is 0 Å². The van der Waals surface area contributed by atoms with Crippen molar-refractivity contribution in [3.05, 3.63) is 50.4 Å². The molecule has 0 atom stereocenters. The SMILES string of the molecule is S=c1[nH]nc(C2CC2)n1/N=C\c1csc(-c2cccc(Br)c2)n1. The summed E-state index contributed by atoms with van der Waals surface area (Å²) in [5.41, 5.74) is 1.90.